The van der Waals surface area contributed by atoms with Gasteiger partial charge in [-0.05, 0) is 62.5 Å². The molecular formula is C24H33N3O4. The molecule has 1 aromatic rings. The molecule has 3 amide bonds. The Morgan fingerprint density at radius 2 is 1.84 bits per heavy atom. The number of nitrogens with zero attached hydrogens (tertiary/aromatic N) is 2. The van der Waals surface area contributed by atoms with E-state index in [1.165, 1.54) is 19.3 Å². The van der Waals surface area contributed by atoms with Gasteiger partial charge in [-0.2, -0.15) is 0 Å². The average molecular weight is 428 g/mol. The second-order valence-corrected chi connectivity index (χ2v) is 8.80. The number of nitrogens with one attached hydrogen (secondary N) is 1. The zero-order valence-corrected chi connectivity index (χ0v) is 18.6. The van der Waals surface area contributed by atoms with Crippen molar-refractivity contribution in [3.05, 3.63) is 29.3 Å². The highest BCUT2D eigenvalue weighted by molar-refractivity contribution is 6.05. The van der Waals surface area contributed by atoms with Crippen LogP contribution in [-0.2, 0) is 16.1 Å². The van der Waals surface area contributed by atoms with Crippen molar-refractivity contribution >= 4 is 17.7 Å². The van der Waals surface area contributed by atoms with Crippen LogP contribution in [-0.4, -0.2) is 58.8 Å². The molecule has 1 unspecified atom stereocenters. The largest absolute Gasteiger partial charge is 0.489 e. The molecule has 168 valence electrons. The summed E-state index contributed by atoms with van der Waals surface area (Å²) in [5.41, 5.74) is 1.51. The van der Waals surface area contributed by atoms with Gasteiger partial charge in [-0.25, -0.2) is 0 Å². The van der Waals surface area contributed by atoms with E-state index < -0.39 is 6.04 Å². The number of amides is 3. The molecule has 1 N–H and O–H groups in total. The van der Waals surface area contributed by atoms with Gasteiger partial charge in [-0.15, -0.1) is 0 Å². The normalized spacial score (nSPS) is 26.6. The van der Waals surface area contributed by atoms with Crippen molar-refractivity contribution in [3.63, 3.8) is 0 Å². The molecule has 1 saturated carbocycles. The molecule has 7 heteroatoms. The third-order valence-corrected chi connectivity index (χ3v) is 6.98. The molecule has 31 heavy (non-hydrogen) atoms. The van der Waals surface area contributed by atoms with Crippen molar-refractivity contribution in [2.24, 2.45) is 0 Å². The van der Waals surface area contributed by atoms with Crippen LogP contribution in [0.1, 0.15) is 74.7 Å². The fourth-order valence-corrected chi connectivity index (χ4v) is 5.30. The number of hydrogen-bond donors (Lipinski definition) is 1. The maximum Gasteiger partial charge on any atom is 0.255 e. The summed E-state index contributed by atoms with van der Waals surface area (Å²) in [5, 5.41) is 2.35. The predicted octanol–water partition coefficient (Wildman–Crippen LogP) is 2.87. The van der Waals surface area contributed by atoms with Crippen LogP contribution in [0.4, 0.5) is 0 Å². The van der Waals surface area contributed by atoms with Crippen LogP contribution in [0, 0.1) is 0 Å². The third kappa shape index (κ3) is 4.47. The molecule has 2 fully saturated rings. The Balaban J connectivity index is 1.50. The summed E-state index contributed by atoms with van der Waals surface area (Å²) in [6.45, 7) is 6.81. The van der Waals surface area contributed by atoms with Crippen LogP contribution < -0.4 is 10.1 Å². The lowest BCUT2D eigenvalue weighted by Gasteiger charge is -2.35. The summed E-state index contributed by atoms with van der Waals surface area (Å²) < 4.78 is 6.51. The Labute approximate surface area is 184 Å². The molecule has 1 aromatic carbocycles. The van der Waals surface area contributed by atoms with Crippen molar-refractivity contribution < 1.29 is 19.1 Å². The SMILES string of the molecule is CCN(CC)[C@H]1CCCCC[C@H]1Oc1ccc2c(c1)CN(C1CCC(=O)NC1=O)C2=O. The molecule has 7 nitrogen and oxygen atoms in total. The number of likely N-dealkylation sites (N-methyl/N-ethyl adjacent to an activating group) is 1. The van der Waals surface area contributed by atoms with Gasteiger partial charge >= 0.3 is 0 Å². The Hall–Kier alpha value is -2.41. The maximum atomic E-state index is 12.9. The summed E-state index contributed by atoms with van der Waals surface area (Å²) in [6.07, 6.45) is 6.63. The number of carbonyl (C=O) groups excluding carboxylic acids is 3. The van der Waals surface area contributed by atoms with Gasteiger partial charge in [0.2, 0.25) is 11.8 Å². The molecule has 3 atom stereocenters. The second-order valence-electron chi connectivity index (χ2n) is 8.80. The topological polar surface area (TPSA) is 79.0 Å². The molecule has 3 aliphatic rings. The van der Waals surface area contributed by atoms with E-state index in [-0.39, 0.29) is 30.2 Å². The fraction of sp³-hybridized carbons (Fsp3) is 0.625. The number of hydrogen-bond acceptors (Lipinski definition) is 5. The van der Waals surface area contributed by atoms with Gasteiger partial charge in [-0.1, -0.05) is 26.7 Å². The number of imide groups is 1. The Morgan fingerprint density at radius 3 is 2.58 bits per heavy atom. The first-order valence-electron chi connectivity index (χ1n) is 11.7. The van der Waals surface area contributed by atoms with Crippen LogP contribution in [0.2, 0.25) is 0 Å². The first-order chi connectivity index (χ1) is 15.0. The van der Waals surface area contributed by atoms with Crippen molar-refractivity contribution in [3.8, 4) is 5.75 Å². The van der Waals surface area contributed by atoms with E-state index >= 15 is 0 Å². The lowest BCUT2D eigenvalue weighted by atomic mass is 10.0. The predicted molar refractivity (Wildman–Crippen MR) is 117 cm³/mol. The quantitative estimate of drug-likeness (QED) is 0.558. The minimum absolute atomic E-state index is 0.142. The molecule has 4 rings (SSSR count). The summed E-state index contributed by atoms with van der Waals surface area (Å²) in [4.78, 5) is 40.7. The van der Waals surface area contributed by atoms with Crippen LogP contribution in [0.3, 0.4) is 0 Å². The first-order valence-corrected chi connectivity index (χ1v) is 11.7. The van der Waals surface area contributed by atoms with E-state index in [0.717, 1.165) is 37.2 Å². The minimum atomic E-state index is -0.587. The Bertz CT molecular complexity index is 851. The molecule has 1 saturated heterocycles. The number of carbonyl (C=O) groups is 3. The Morgan fingerprint density at radius 1 is 1.06 bits per heavy atom. The number of ether oxygens (including phenoxy) is 1. The highest BCUT2D eigenvalue weighted by Gasteiger charge is 2.39. The van der Waals surface area contributed by atoms with Gasteiger partial charge in [0.25, 0.3) is 5.91 Å². The first kappa shape index (κ1) is 21.8. The molecular weight excluding hydrogens is 394 g/mol. The highest BCUT2D eigenvalue weighted by atomic mass is 16.5. The van der Waals surface area contributed by atoms with Gasteiger partial charge in [0.15, 0.2) is 0 Å². The fourth-order valence-electron chi connectivity index (χ4n) is 5.30. The van der Waals surface area contributed by atoms with Crippen LogP contribution in [0.15, 0.2) is 18.2 Å². The van der Waals surface area contributed by atoms with Crippen molar-refractivity contribution in [1.29, 1.82) is 0 Å². The van der Waals surface area contributed by atoms with E-state index in [1.807, 2.05) is 18.2 Å². The number of benzene rings is 1. The van der Waals surface area contributed by atoms with E-state index in [9.17, 15) is 14.4 Å². The lowest BCUT2D eigenvalue weighted by Crippen LogP contribution is -2.52. The molecule has 0 radical (unpaired) electrons. The molecule has 0 spiro atoms. The summed E-state index contributed by atoms with van der Waals surface area (Å²) >= 11 is 0. The van der Waals surface area contributed by atoms with E-state index in [1.54, 1.807) is 4.90 Å². The van der Waals surface area contributed by atoms with Crippen LogP contribution >= 0.6 is 0 Å². The second kappa shape index (κ2) is 9.39. The van der Waals surface area contributed by atoms with Gasteiger partial charge in [0.05, 0.1) is 0 Å². The molecule has 2 aliphatic heterocycles. The number of rotatable bonds is 6. The lowest BCUT2D eigenvalue weighted by molar-refractivity contribution is -0.136. The number of piperidine rings is 1. The molecule has 0 aromatic heterocycles. The van der Waals surface area contributed by atoms with Gasteiger partial charge in [0.1, 0.15) is 17.9 Å². The summed E-state index contributed by atoms with van der Waals surface area (Å²) in [6, 6.07) is 5.49. The molecule has 1 aliphatic carbocycles. The standard InChI is InChI=1S/C24H33N3O4/c1-3-26(4-2)19-8-6-5-7-9-21(19)31-17-10-11-18-16(14-17)15-27(24(18)30)20-12-13-22(28)25-23(20)29/h10-11,14,19-21H,3-9,12-13,15H2,1-2H3,(H,25,28,29)/t19-,20?,21+/m0/s1. The van der Waals surface area contributed by atoms with E-state index in [2.05, 4.69) is 24.1 Å². The third-order valence-electron chi connectivity index (χ3n) is 6.98. The number of fused-ring (bicyclic) bond motifs is 1. The van der Waals surface area contributed by atoms with Crippen molar-refractivity contribution in [2.75, 3.05) is 13.1 Å². The zero-order chi connectivity index (χ0) is 22.0. The highest BCUT2D eigenvalue weighted by Crippen LogP contribution is 2.32. The molecule has 0 bridgehead atoms. The van der Waals surface area contributed by atoms with Crippen LogP contribution in [0.25, 0.3) is 0 Å². The zero-order valence-electron chi connectivity index (χ0n) is 18.6. The summed E-state index contributed by atoms with van der Waals surface area (Å²) in [7, 11) is 0. The summed E-state index contributed by atoms with van der Waals surface area (Å²) in [5.74, 6) is -0.00563. The van der Waals surface area contributed by atoms with Crippen molar-refractivity contribution in [1.82, 2.24) is 15.1 Å². The Kier molecular flexibility index (Phi) is 6.60. The average Bonchev–Trinajstić information content (AvgIpc) is 2.91. The molecule has 2 heterocycles. The van der Waals surface area contributed by atoms with Crippen molar-refractivity contribution in [2.45, 2.75) is 83.5 Å². The van der Waals surface area contributed by atoms with Crippen LogP contribution in [0.5, 0.6) is 5.75 Å². The smallest absolute Gasteiger partial charge is 0.255 e. The van der Waals surface area contributed by atoms with Gasteiger partial charge in [0, 0.05) is 24.6 Å². The van der Waals surface area contributed by atoms with Gasteiger partial charge in [-0.3, -0.25) is 24.6 Å². The van der Waals surface area contributed by atoms with Gasteiger partial charge < -0.3 is 9.64 Å². The van der Waals surface area contributed by atoms with E-state index in [4.69, 9.17) is 4.74 Å². The minimum Gasteiger partial charge on any atom is -0.489 e. The monoisotopic (exact) mass is 427 g/mol. The maximum absolute atomic E-state index is 12.9. The van der Waals surface area contributed by atoms with E-state index in [0.29, 0.717) is 24.6 Å².